The van der Waals surface area contributed by atoms with Crippen LogP contribution >= 0.6 is 0 Å². The molecule has 2 rings (SSSR count). The zero-order valence-corrected chi connectivity index (χ0v) is 9.49. The topological polar surface area (TPSA) is 78.1 Å². The zero-order chi connectivity index (χ0) is 12.5. The van der Waals surface area contributed by atoms with Crippen molar-refractivity contribution < 1.29 is 4.39 Å². The first kappa shape index (κ1) is 11.7. The molecule has 0 spiro atoms. The van der Waals surface area contributed by atoms with Gasteiger partial charge in [0.15, 0.2) is 0 Å². The molecule has 17 heavy (non-hydrogen) atoms. The number of allylic oxidation sites excluding steroid dienone is 2. The van der Waals surface area contributed by atoms with Crippen molar-refractivity contribution in [3.63, 3.8) is 0 Å². The van der Waals surface area contributed by atoms with E-state index in [-0.39, 0.29) is 5.83 Å². The fraction of sp³-hybridized carbons (Fsp3) is 0.231. The Morgan fingerprint density at radius 1 is 1.12 bits per heavy atom. The summed E-state index contributed by atoms with van der Waals surface area (Å²) in [5.74, 6) is -0.330. The summed E-state index contributed by atoms with van der Waals surface area (Å²) in [7, 11) is 0. The highest BCUT2D eigenvalue weighted by molar-refractivity contribution is 5.41. The van der Waals surface area contributed by atoms with E-state index in [0.717, 1.165) is 5.56 Å². The van der Waals surface area contributed by atoms with Crippen molar-refractivity contribution in [2.75, 3.05) is 5.73 Å². The van der Waals surface area contributed by atoms with Crippen LogP contribution in [-0.2, 0) is 6.42 Å². The van der Waals surface area contributed by atoms with Gasteiger partial charge >= 0.3 is 0 Å². The molecule has 1 atom stereocenters. The van der Waals surface area contributed by atoms with E-state index in [1.807, 2.05) is 12.1 Å². The quantitative estimate of drug-likeness (QED) is 0.679. The Kier molecular flexibility index (Phi) is 2.90. The fourth-order valence-electron chi connectivity index (χ4n) is 2.00. The van der Waals surface area contributed by atoms with Gasteiger partial charge < -0.3 is 17.2 Å². The van der Waals surface area contributed by atoms with Crippen LogP contribution in [0.15, 0.2) is 47.9 Å². The number of hydrogen-bond donors (Lipinski definition) is 3. The number of halogens is 1. The van der Waals surface area contributed by atoms with Crippen molar-refractivity contribution in [3.8, 4) is 0 Å². The molecule has 90 valence electrons. The van der Waals surface area contributed by atoms with E-state index in [0.29, 0.717) is 24.2 Å². The number of rotatable bonds is 2. The molecule has 1 aliphatic rings. The number of nitrogen functional groups attached to an aromatic ring is 1. The number of hydrogen-bond acceptors (Lipinski definition) is 3. The molecule has 1 aromatic carbocycles. The molecule has 6 N–H and O–H groups in total. The van der Waals surface area contributed by atoms with Gasteiger partial charge in [-0.05, 0) is 36.3 Å². The van der Waals surface area contributed by atoms with Crippen molar-refractivity contribution in [1.82, 2.24) is 0 Å². The van der Waals surface area contributed by atoms with Gasteiger partial charge in [-0.15, -0.1) is 0 Å². The van der Waals surface area contributed by atoms with Crippen molar-refractivity contribution in [2.45, 2.75) is 18.4 Å². The van der Waals surface area contributed by atoms with E-state index >= 15 is 0 Å². The van der Waals surface area contributed by atoms with Gasteiger partial charge in [-0.25, -0.2) is 4.39 Å². The summed E-state index contributed by atoms with van der Waals surface area (Å²) in [6.07, 6.45) is 3.64. The van der Waals surface area contributed by atoms with Crippen LogP contribution in [0.1, 0.15) is 12.0 Å². The highest BCUT2D eigenvalue weighted by Crippen LogP contribution is 2.30. The molecule has 0 aliphatic heterocycles. The second-order valence-corrected chi connectivity index (χ2v) is 4.51. The molecular weight excluding hydrogens is 217 g/mol. The summed E-state index contributed by atoms with van der Waals surface area (Å²) in [6.45, 7) is 0. The molecule has 0 bridgehead atoms. The maximum absolute atomic E-state index is 13.8. The summed E-state index contributed by atoms with van der Waals surface area (Å²) in [4.78, 5) is 0. The second kappa shape index (κ2) is 4.22. The maximum Gasteiger partial charge on any atom is 0.121 e. The third kappa shape index (κ3) is 2.47. The van der Waals surface area contributed by atoms with Crippen LogP contribution in [0.3, 0.4) is 0 Å². The zero-order valence-electron chi connectivity index (χ0n) is 9.49. The highest BCUT2D eigenvalue weighted by atomic mass is 19.1. The molecule has 3 nitrogen and oxygen atoms in total. The molecule has 4 heteroatoms. The summed E-state index contributed by atoms with van der Waals surface area (Å²) in [5, 5.41) is 0. The normalized spacial score (nSPS) is 24.1. The van der Waals surface area contributed by atoms with Gasteiger partial charge in [0.2, 0.25) is 0 Å². The molecule has 1 unspecified atom stereocenters. The number of benzene rings is 1. The van der Waals surface area contributed by atoms with Gasteiger partial charge in [-0.2, -0.15) is 0 Å². The summed E-state index contributed by atoms with van der Waals surface area (Å²) >= 11 is 0. The van der Waals surface area contributed by atoms with Gasteiger partial charge in [-0.1, -0.05) is 12.1 Å². The Morgan fingerprint density at radius 3 is 2.41 bits per heavy atom. The molecule has 1 aromatic rings. The van der Waals surface area contributed by atoms with Crippen LogP contribution in [0.5, 0.6) is 0 Å². The van der Waals surface area contributed by atoms with Gasteiger partial charge in [-0.3, -0.25) is 0 Å². The predicted molar refractivity (Wildman–Crippen MR) is 67.6 cm³/mol. The maximum atomic E-state index is 13.8. The van der Waals surface area contributed by atoms with Gasteiger partial charge in [0, 0.05) is 17.8 Å². The van der Waals surface area contributed by atoms with Crippen LogP contribution in [0, 0.1) is 0 Å². The summed E-state index contributed by atoms with van der Waals surface area (Å²) < 4.78 is 13.8. The standard InChI is InChI=1S/C13H16FN3/c14-12-6-5-11(16)8-13(12,17)7-9-1-3-10(15)4-2-9/h1-6H,7-8,15-17H2. The lowest BCUT2D eigenvalue weighted by atomic mass is 9.83. The van der Waals surface area contributed by atoms with Gasteiger partial charge in [0.05, 0.1) is 5.54 Å². The van der Waals surface area contributed by atoms with E-state index in [1.54, 1.807) is 18.2 Å². The smallest absolute Gasteiger partial charge is 0.121 e. The first-order valence-corrected chi connectivity index (χ1v) is 5.45. The van der Waals surface area contributed by atoms with E-state index in [1.165, 1.54) is 6.08 Å². The average Bonchev–Trinajstić information content (AvgIpc) is 2.27. The van der Waals surface area contributed by atoms with E-state index in [9.17, 15) is 4.39 Å². The Morgan fingerprint density at radius 2 is 1.76 bits per heavy atom. The second-order valence-electron chi connectivity index (χ2n) is 4.51. The Labute approximate surface area is 99.8 Å². The molecule has 0 saturated carbocycles. The highest BCUT2D eigenvalue weighted by Gasteiger charge is 2.33. The van der Waals surface area contributed by atoms with E-state index in [2.05, 4.69) is 0 Å². The minimum absolute atomic E-state index is 0.330. The van der Waals surface area contributed by atoms with Crippen molar-refractivity contribution >= 4 is 5.69 Å². The average molecular weight is 233 g/mol. The van der Waals surface area contributed by atoms with Crippen LogP contribution < -0.4 is 17.2 Å². The molecule has 0 saturated heterocycles. The van der Waals surface area contributed by atoms with Crippen LogP contribution in [0.25, 0.3) is 0 Å². The monoisotopic (exact) mass is 233 g/mol. The SMILES string of the molecule is NC1=CC=C(F)C(N)(Cc2ccc(N)cc2)C1. The minimum Gasteiger partial charge on any atom is -0.402 e. The first-order valence-electron chi connectivity index (χ1n) is 5.45. The van der Waals surface area contributed by atoms with E-state index < -0.39 is 5.54 Å². The Bertz CT molecular complexity index is 476. The third-order valence-corrected chi connectivity index (χ3v) is 2.94. The van der Waals surface area contributed by atoms with Crippen molar-refractivity contribution in [1.29, 1.82) is 0 Å². The Hall–Kier alpha value is -1.81. The molecular formula is C13H16FN3. The molecule has 0 amide bonds. The van der Waals surface area contributed by atoms with E-state index in [4.69, 9.17) is 17.2 Å². The lowest BCUT2D eigenvalue weighted by Crippen LogP contribution is -2.45. The van der Waals surface area contributed by atoms with Crippen molar-refractivity contribution in [3.05, 3.63) is 53.5 Å². The number of anilines is 1. The van der Waals surface area contributed by atoms with Crippen LogP contribution in [0.4, 0.5) is 10.1 Å². The summed E-state index contributed by atoms with van der Waals surface area (Å²) in [6, 6.07) is 7.27. The molecule has 1 aliphatic carbocycles. The molecule has 0 heterocycles. The van der Waals surface area contributed by atoms with Crippen LogP contribution in [-0.4, -0.2) is 5.54 Å². The lowest BCUT2D eigenvalue weighted by molar-refractivity contribution is 0.383. The number of nitrogens with two attached hydrogens (primary N) is 3. The van der Waals surface area contributed by atoms with Crippen LogP contribution in [0.2, 0.25) is 0 Å². The van der Waals surface area contributed by atoms with Gasteiger partial charge in [0.25, 0.3) is 0 Å². The van der Waals surface area contributed by atoms with Crippen molar-refractivity contribution in [2.24, 2.45) is 11.5 Å². The lowest BCUT2D eigenvalue weighted by Gasteiger charge is -2.30. The Balaban J connectivity index is 2.21. The largest absolute Gasteiger partial charge is 0.402 e. The molecule has 0 aromatic heterocycles. The summed E-state index contributed by atoms with van der Waals surface area (Å²) in [5.41, 5.74) is 18.6. The third-order valence-electron chi connectivity index (χ3n) is 2.94. The predicted octanol–water partition coefficient (Wildman–Crippen LogP) is 1.61. The fourth-order valence-corrected chi connectivity index (χ4v) is 2.00. The molecule has 0 fully saturated rings. The minimum atomic E-state index is -1.03. The van der Waals surface area contributed by atoms with Gasteiger partial charge in [0.1, 0.15) is 5.83 Å². The first-order chi connectivity index (χ1) is 7.99. The molecule has 0 radical (unpaired) electrons.